The van der Waals surface area contributed by atoms with Gasteiger partial charge < -0.3 is 9.47 Å². The number of benzene rings is 2. The van der Waals surface area contributed by atoms with Crippen LogP contribution in [0.3, 0.4) is 0 Å². The highest BCUT2D eigenvalue weighted by atomic mass is 32.1. The number of nitrogens with zero attached hydrogens (tertiary/aromatic N) is 1. The van der Waals surface area contributed by atoms with Gasteiger partial charge in [-0.1, -0.05) is 12.1 Å². The van der Waals surface area contributed by atoms with Gasteiger partial charge in [0.1, 0.15) is 11.5 Å². The molecule has 3 aromatic rings. The number of thiazole rings is 1. The smallest absolute Gasteiger partial charge is 0.250 e. The topological polar surface area (TPSA) is 60.5 Å². The summed E-state index contributed by atoms with van der Waals surface area (Å²) < 4.78 is 11.1. The summed E-state index contributed by atoms with van der Waals surface area (Å²) in [5.74, 6) is 1.42. The van der Waals surface area contributed by atoms with Crippen molar-refractivity contribution in [1.29, 1.82) is 0 Å². The van der Waals surface area contributed by atoms with Gasteiger partial charge in [0.2, 0.25) is 5.91 Å². The van der Waals surface area contributed by atoms with Crippen molar-refractivity contribution in [3.05, 3.63) is 65.6 Å². The Bertz CT molecular complexity index is 961. The van der Waals surface area contributed by atoms with E-state index >= 15 is 0 Å². The highest BCUT2D eigenvalue weighted by Gasteiger charge is 2.07. The number of carbonyl (C=O) groups excluding carboxylic acids is 1. The Balaban J connectivity index is 1.58. The van der Waals surface area contributed by atoms with Crippen molar-refractivity contribution in [2.24, 2.45) is 0 Å². The van der Waals surface area contributed by atoms with E-state index in [4.69, 9.17) is 9.47 Å². The Morgan fingerprint density at radius 1 is 1.10 bits per heavy atom. The van der Waals surface area contributed by atoms with Crippen LogP contribution >= 0.6 is 11.3 Å². The van der Waals surface area contributed by atoms with E-state index in [0.29, 0.717) is 11.7 Å². The summed E-state index contributed by atoms with van der Waals surface area (Å²) in [5.41, 5.74) is 2.71. The molecule has 0 aliphatic rings. The number of nitrogens with one attached hydrogen (secondary N) is 1. The van der Waals surface area contributed by atoms with Gasteiger partial charge >= 0.3 is 0 Å². The molecule has 6 heteroatoms. The summed E-state index contributed by atoms with van der Waals surface area (Å²) in [7, 11) is 0. The van der Waals surface area contributed by atoms with Crippen LogP contribution in [-0.4, -0.2) is 23.6 Å². The molecule has 3 rings (SSSR count). The summed E-state index contributed by atoms with van der Waals surface area (Å²) in [5, 5.41) is 5.28. The molecule has 1 amide bonds. The summed E-state index contributed by atoms with van der Waals surface area (Å²) in [6.07, 6.45) is 3.39. The van der Waals surface area contributed by atoms with Crippen molar-refractivity contribution in [1.82, 2.24) is 4.98 Å². The first-order valence-electron chi connectivity index (χ1n) is 9.48. The van der Waals surface area contributed by atoms with Gasteiger partial charge in [-0.2, -0.15) is 0 Å². The second-order valence-electron chi connectivity index (χ2n) is 6.55. The van der Waals surface area contributed by atoms with E-state index in [-0.39, 0.29) is 12.0 Å². The summed E-state index contributed by atoms with van der Waals surface area (Å²) in [6, 6.07) is 15.3. The van der Waals surface area contributed by atoms with Gasteiger partial charge in [-0.3, -0.25) is 10.1 Å². The van der Waals surface area contributed by atoms with Crippen LogP contribution in [0.2, 0.25) is 0 Å². The lowest BCUT2D eigenvalue weighted by Crippen LogP contribution is -2.07. The summed E-state index contributed by atoms with van der Waals surface area (Å²) in [6.45, 7) is 6.56. The van der Waals surface area contributed by atoms with Gasteiger partial charge in [0.25, 0.3) is 0 Å². The third-order valence-electron chi connectivity index (χ3n) is 3.87. The Morgan fingerprint density at radius 3 is 2.45 bits per heavy atom. The molecule has 0 fully saturated rings. The van der Waals surface area contributed by atoms with Crippen LogP contribution in [0.25, 0.3) is 17.3 Å². The molecule has 0 bridgehead atoms. The van der Waals surface area contributed by atoms with E-state index in [1.807, 2.05) is 74.7 Å². The molecule has 0 radical (unpaired) electrons. The molecule has 1 N–H and O–H groups in total. The number of hydrogen-bond donors (Lipinski definition) is 1. The van der Waals surface area contributed by atoms with Crippen LogP contribution in [-0.2, 0) is 4.79 Å². The lowest BCUT2D eigenvalue weighted by molar-refractivity contribution is -0.111. The van der Waals surface area contributed by atoms with Crippen LogP contribution in [0.1, 0.15) is 26.3 Å². The number of anilines is 1. The number of amides is 1. The molecule has 29 heavy (non-hydrogen) atoms. The van der Waals surface area contributed by atoms with Crippen LogP contribution in [0, 0.1) is 0 Å². The van der Waals surface area contributed by atoms with Gasteiger partial charge in [-0.15, -0.1) is 11.3 Å². The maximum atomic E-state index is 12.2. The highest BCUT2D eigenvalue weighted by molar-refractivity contribution is 7.14. The molecule has 0 saturated heterocycles. The molecule has 0 saturated carbocycles. The van der Waals surface area contributed by atoms with Crippen molar-refractivity contribution in [2.45, 2.75) is 26.9 Å². The van der Waals surface area contributed by atoms with Crippen molar-refractivity contribution in [3.63, 3.8) is 0 Å². The van der Waals surface area contributed by atoms with Gasteiger partial charge in [-0.25, -0.2) is 4.98 Å². The molecule has 1 aromatic heterocycles. The molecule has 2 aromatic carbocycles. The number of ether oxygens (including phenoxy) is 2. The second-order valence-corrected chi connectivity index (χ2v) is 7.41. The molecule has 0 atom stereocenters. The molecule has 5 nitrogen and oxygen atoms in total. The highest BCUT2D eigenvalue weighted by Crippen LogP contribution is 2.26. The second kappa shape index (κ2) is 9.89. The minimum absolute atomic E-state index is 0.137. The molecule has 150 valence electrons. The van der Waals surface area contributed by atoms with Gasteiger partial charge in [0, 0.05) is 17.0 Å². The first-order valence-corrected chi connectivity index (χ1v) is 10.4. The molecular formula is C23H24N2O3S. The quantitative estimate of drug-likeness (QED) is 0.490. The fourth-order valence-corrected chi connectivity index (χ4v) is 3.32. The van der Waals surface area contributed by atoms with Gasteiger partial charge in [0.15, 0.2) is 5.13 Å². The lowest BCUT2D eigenvalue weighted by atomic mass is 10.2. The van der Waals surface area contributed by atoms with Crippen LogP contribution in [0.15, 0.2) is 60.0 Å². The third kappa shape index (κ3) is 6.19. The molecule has 1 heterocycles. The first-order chi connectivity index (χ1) is 14.0. The van der Waals surface area contributed by atoms with Crippen LogP contribution < -0.4 is 14.8 Å². The maximum absolute atomic E-state index is 12.2. The minimum atomic E-state index is -0.222. The number of aromatic nitrogens is 1. The van der Waals surface area contributed by atoms with E-state index in [1.165, 1.54) is 17.4 Å². The average molecular weight is 409 g/mol. The van der Waals surface area contributed by atoms with Crippen molar-refractivity contribution >= 4 is 28.5 Å². The van der Waals surface area contributed by atoms with E-state index in [9.17, 15) is 4.79 Å². The fraction of sp³-hybridized carbons (Fsp3) is 0.217. The zero-order valence-corrected chi connectivity index (χ0v) is 17.5. The van der Waals surface area contributed by atoms with Crippen LogP contribution in [0.4, 0.5) is 5.13 Å². The van der Waals surface area contributed by atoms with Crippen molar-refractivity contribution in [3.8, 4) is 22.8 Å². The van der Waals surface area contributed by atoms with E-state index in [0.717, 1.165) is 28.3 Å². The Morgan fingerprint density at radius 2 is 1.79 bits per heavy atom. The fourth-order valence-electron chi connectivity index (χ4n) is 2.60. The third-order valence-corrected chi connectivity index (χ3v) is 4.63. The van der Waals surface area contributed by atoms with E-state index in [1.54, 1.807) is 6.08 Å². The van der Waals surface area contributed by atoms with E-state index < -0.39 is 0 Å². The molecular weight excluding hydrogens is 384 g/mol. The van der Waals surface area contributed by atoms with Crippen LogP contribution in [0.5, 0.6) is 11.5 Å². The zero-order valence-electron chi connectivity index (χ0n) is 16.7. The van der Waals surface area contributed by atoms with Crippen molar-refractivity contribution in [2.75, 3.05) is 11.9 Å². The Labute approximate surface area is 175 Å². The summed E-state index contributed by atoms with van der Waals surface area (Å²) >= 11 is 1.39. The SMILES string of the molecule is CCOc1ccc(C=CC(=O)Nc2nc(-c3ccc(OC(C)C)cc3)cs2)cc1. The minimum Gasteiger partial charge on any atom is -0.494 e. The number of rotatable bonds is 8. The maximum Gasteiger partial charge on any atom is 0.250 e. The zero-order chi connectivity index (χ0) is 20.6. The number of carbonyl (C=O) groups is 1. The van der Waals surface area contributed by atoms with E-state index in [2.05, 4.69) is 10.3 Å². The summed E-state index contributed by atoms with van der Waals surface area (Å²) in [4.78, 5) is 16.7. The molecule has 0 aliphatic carbocycles. The normalized spacial score (nSPS) is 11.0. The molecule has 0 unspecified atom stereocenters. The number of hydrogen-bond acceptors (Lipinski definition) is 5. The first kappa shape index (κ1) is 20.6. The largest absolute Gasteiger partial charge is 0.494 e. The Hall–Kier alpha value is -3.12. The van der Waals surface area contributed by atoms with Crippen molar-refractivity contribution < 1.29 is 14.3 Å². The van der Waals surface area contributed by atoms with Gasteiger partial charge in [-0.05, 0) is 68.8 Å². The lowest BCUT2D eigenvalue weighted by Gasteiger charge is -2.09. The van der Waals surface area contributed by atoms with Gasteiger partial charge in [0.05, 0.1) is 18.4 Å². The monoisotopic (exact) mass is 408 g/mol. The molecule has 0 spiro atoms. The standard InChI is InChI=1S/C23H24N2O3S/c1-4-27-19-10-5-17(6-11-19)7-14-22(26)25-23-24-21(15-29-23)18-8-12-20(13-9-18)28-16(2)3/h5-16H,4H2,1-3H3,(H,24,25,26). The Kier molecular flexibility index (Phi) is 7.03. The predicted octanol–water partition coefficient (Wildman–Crippen LogP) is 5.65. The molecule has 0 aliphatic heterocycles. The average Bonchev–Trinajstić information content (AvgIpc) is 3.16. The predicted molar refractivity (Wildman–Crippen MR) is 119 cm³/mol.